The summed E-state index contributed by atoms with van der Waals surface area (Å²) in [7, 11) is 0. The van der Waals surface area contributed by atoms with Crippen LogP contribution in [-0.2, 0) is 9.59 Å². The molecule has 0 aromatic carbocycles. The fourth-order valence-electron chi connectivity index (χ4n) is 3.82. The Morgan fingerprint density at radius 3 is 2.29 bits per heavy atom. The van der Waals surface area contributed by atoms with Gasteiger partial charge in [-0.25, -0.2) is 0 Å². The Bertz CT molecular complexity index is 389. The molecule has 2 aliphatic rings. The van der Waals surface area contributed by atoms with Gasteiger partial charge in [-0.15, -0.1) is 0 Å². The smallest absolute Gasteiger partial charge is 0.240 e. The van der Waals surface area contributed by atoms with Crippen LogP contribution in [0.25, 0.3) is 0 Å². The van der Waals surface area contributed by atoms with Crippen LogP contribution in [0.3, 0.4) is 0 Å². The van der Waals surface area contributed by atoms with Crippen molar-refractivity contribution in [2.75, 3.05) is 13.1 Å². The first-order valence-electron chi connectivity index (χ1n) is 8.27. The number of amides is 2. The van der Waals surface area contributed by atoms with Gasteiger partial charge in [0.1, 0.15) is 0 Å². The van der Waals surface area contributed by atoms with Gasteiger partial charge in [0.25, 0.3) is 0 Å². The van der Waals surface area contributed by atoms with Crippen LogP contribution in [0.15, 0.2) is 0 Å². The second-order valence-corrected chi connectivity index (χ2v) is 6.79. The average molecular weight is 295 g/mol. The summed E-state index contributed by atoms with van der Waals surface area (Å²) in [4.78, 5) is 28.5. The van der Waals surface area contributed by atoms with Crippen molar-refractivity contribution in [2.24, 2.45) is 11.7 Å². The van der Waals surface area contributed by atoms with Crippen molar-refractivity contribution < 1.29 is 9.59 Å². The second kappa shape index (κ2) is 6.77. The van der Waals surface area contributed by atoms with E-state index in [4.69, 9.17) is 5.73 Å². The molecule has 21 heavy (non-hydrogen) atoms. The van der Waals surface area contributed by atoms with Crippen LogP contribution < -0.4 is 5.73 Å². The Hall–Kier alpha value is -1.10. The molecule has 2 amide bonds. The lowest BCUT2D eigenvalue weighted by molar-refractivity contribution is -0.144. The molecule has 4 atom stereocenters. The number of carbonyl (C=O) groups is 2. The molecule has 2 fully saturated rings. The van der Waals surface area contributed by atoms with E-state index >= 15 is 0 Å². The molecule has 120 valence electrons. The molecule has 0 saturated carbocycles. The molecule has 0 bridgehead atoms. The van der Waals surface area contributed by atoms with Crippen molar-refractivity contribution >= 4 is 11.8 Å². The molecule has 2 aliphatic heterocycles. The van der Waals surface area contributed by atoms with Gasteiger partial charge in [0.2, 0.25) is 11.8 Å². The van der Waals surface area contributed by atoms with E-state index in [0.717, 1.165) is 32.2 Å². The van der Waals surface area contributed by atoms with Gasteiger partial charge in [0, 0.05) is 18.6 Å². The maximum Gasteiger partial charge on any atom is 0.240 e. The van der Waals surface area contributed by atoms with Gasteiger partial charge in [0.15, 0.2) is 0 Å². The number of carbonyl (C=O) groups excluding carboxylic acids is 2. The number of hydrogen-bond donors (Lipinski definition) is 1. The third-order valence-corrected chi connectivity index (χ3v) is 5.21. The number of hydrogen-bond acceptors (Lipinski definition) is 3. The molecular weight excluding hydrogens is 266 g/mol. The van der Waals surface area contributed by atoms with Crippen LogP contribution in [-0.4, -0.2) is 52.8 Å². The predicted molar refractivity (Wildman–Crippen MR) is 82.6 cm³/mol. The van der Waals surface area contributed by atoms with E-state index in [2.05, 4.69) is 23.6 Å². The summed E-state index contributed by atoms with van der Waals surface area (Å²) >= 11 is 0. The van der Waals surface area contributed by atoms with Gasteiger partial charge in [0.05, 0.1) is 12.0 Å². The lowest BCUT2D eigenvalue weighted by Crippen LogP contribution is -2.56. The van der Waals surface area contributed by atoms with E-state index in [1.54, 1.807) is 0 Å². The minimum Gasteiger partial charge on any atom is -0.369 e. The Balaban J connectivity index is 2.02. The first-order chi connectivity index (χ1) is 9.91. The zero-order chi connectivity index (χ0) is 15.6. The maximum absolute atomic E-state index is 12.9. The summed E-state index contributed by atoms with van der Waals surface area (Å²) in [6.45, 7) is 7.76. The predicted octanol–water partition coefficient (Wildman–Crippen LogP) is 1.36. The monoisotopic (exact) mass is 295 g/mol. The normalized spacial score (nSPS) is 32.7. The zero-order valence-electron chi connectivity index (χ0n) is 13.5. The van der Waals surface area contributed by atoms with Crippen LogP contribution in [0.1, 0.15) is 52.9 Å². The molecule has 5 nitrogen and oxygen atoms in total. The number of nitrogens with two attached hydrogens (primary N) is 1. The Kier molecular flexibility index (Phi) is 5.25. The summed E-state index contributed by atoms with van der Waals surface area (Å²) in [6, 6.07) is 0.482. The van der Waals surface area contributed by atoms with Crippen molar-refractivity contribution in [1.29, 1.82) is 0 Å². The van der Waals surface area contributed by atoms with Crippen LogP contribution in [0.2, 0.25) is 0 Å². The molecule has 0 aliphatic carbocycles. The van der Waals surface area contributed by atoms with Crippen LogP contribution in [0.5, 0.6) is 0 Å². The van der Waals surface area contributed by atoms with Crippen LogP contribution in [0.4, 0.5) is 0 Å². The van der Waals surface area contributed by atoms with E-state index < -0.39 is 0 Å². The molecule has 0 spiro atoms. The first kappa shape index (κ1) is 16.3. The lowest BCUT2D eigenvalue weighted by atomic mass is 9.94. The van der Waals surface area contributed by atoms with Gasteiger partial charge in [-0.05, 0) is 59.4 Å². The molecule has 2 rings (SSSR count). The fourth-order valence-corrected chi connectivity index (χ4v) is 3.82. The van der Waals surface area contributed by atoms with Gasteiger partial charge in [-0.2, -0.15) is 0 Å². The number of rotatable bonds is 3. The van der Waals surface area contributed by atoms with E-state index in [1.807, 2.05) is 6.92 Å². The fraction of sp³-hybridized carbons (Fsp3) is 0.875. The number of primary amides is 1. The molecule has 2 heterocycles. The molecular formula is C16H29N3O2. The number of likely N-dealkylation sites (tertiary alicyclic amines) is 2. The summed E-state index contributed by atoms with van der Waals surface area (Å²) in [5.41, 5.74) is 5.43. The van der Waals surface area contributed by atoms with Crippen molar-refractivity contribution in [2.45, 2.75) is 71.0 Å². The highest BCUT2D eigenvalue weighted by Crippen LogP contribution is 2.25. The standard InChI is InChI=1S/C16H29N3O2/c1-11-6-4-7-12(2)19(11)16(21)13(3)18-9-5-8-14(10-18)15(17)20/h11-14H,4-10H2,1-3H3,(H2,17,20)/t11-,12+,13-,14+/m1/s1. The van der Waals surface area contributed by atoms with Crippen molar-refractivity contribution in [3.63, 3.8) is 0 Å². The zero-order valence-corrected chi connectivity index (χ0v) is 13.5. The topological polar surface area (TPSA) is 66.6 Å². The molecule has 2 N–H and O–H groups in total. The molecule has 0 radical (unpaired) electrons. The summed E-state index contributed by atoms with van der Waals surface area (Å²) < 4.78 is 0. The molecule has 0 unspecified atom stereocenters. The van der Waals surface area contributed by atoms with Gasteiger partial charge >= 0.3 is 0 Å². The van der Waals surface area contributed by atoms with Gasteiger partial charge in [-0.3, -0.25) is 14.5 Å². The highest BCUT2D eigenvalue weighted by Gasteiger charge is 2.36. The minimum atomic E-state index is -0.237. The molecule has 5 heteroatoms. The van der Waals surface area contributed by atoms with Crippen molar-refractivity contribution in [3.05, 3.63) is 0 Å². The maximum atomic E-state index is 12.9. The third-order valence-electron chi connectivity index (χ3n) is 5.21. The van der Waals surface area contributed by atoms with E-state index in [-0.39, 0.29) is 23.8 Å². The molecule has 0 aromatic heterocycles. The number of piperidine rings is 2. The number of nitrogens with zero attached hydrogens (tertiary/aromatic N) is 2. The minimum absolute atomic E-state index is 0.106. The van der Waals surface area contributed by atoms with Gasteiger partial charge < -0.3 is 10.6 Å². The second-order valence-electron chi connectivity index (χ2n) is 6.79. The average Bonchev–Trinajstić information content (AvgIpc) is 2.46. The summed E-state index contributed by atoms with van der Waals surface area (Å²) in [5, 5.41) is 0. The van der Waals surface area contributed by atoms with Crippen molar-refractivity contribution in [3.8, 4) is 0 Å². The van der Waals surface area contributed by atoms with Crippen molar-refractivity contribution in [1.82, 2.24) is 9.80 Å². The van der Waals surface area contributed by atoms with Crippen LogP contribution >= 0.6 is 0 Å². The third kappa shape index (κ3) is 3.57. The van der Waals surface area contributed by atoms with E-state index in [1.165, 1.54) is 6.42 Å². The Labute approximate surface area is 127 Å². The van der Waals surface area contributed by atoms with Gasteiger partial charge in [-0.1, -0.05) is 0 Å². The first-order valence-corrected chi connectivity index (χ1v) is 8.27. The highest BCUT2D eigenvalue weighted by atomic mass is 16.2. The Morgan fingerprint density at radius 1 is 1.10 bits per heavy atom. The van der Waals surface area contributed by atoms with E-state index in [9.17, 15) is 9.59 Å². The molecule has 2 saturated heterocycles. The van der Waals surface area contributed by atoms with E-state index in [0.29, 0.717) is 18.6 Å². The van der Waals surface area contributed by atoms with Crippen LogP contribution in [0, 0.1) is 5.92 Å². The highest BCUT2D eigenvalue weighted by molar-refractivity contribution is 5.82. The quantitative estimate of drug-likeness (QED) is 0.855. The Morgan fingerprint density at radius 2 is 1.71 bits per heavy atom. The molecule has 0 aromatic rings. The SMILES string of the molecule is C[C@H](C(=O)N1[C@H](C)CCC[C@@H]1C)N1CCC[C@H](C(N)=O)C1. The summed E-state index contributed by atoms with van der Waals surface area (Å²) in [6.07, 6.45) is 5.17. The summed E-state index contributed by atoms with van der Waals surface area (Å²) in [5.74, 6) is -0.135. The largest absolute Gasteiger partial charge is 0.369 e. The lowest BCUT2D eigenvalue weighted by Gasteiger charge is -2.43.